The number of piperazine rings is 1. The Balaban J connectivity index is 1.58. The lowest BCUT2D eigenvalue weighted by Crippen LogP contribution is -2.53. The molecule has 10 heteroatoms. The number of carbonyl (C=O) groups excluding carboxylic acids is 1. The van der Waals surface area contributed by atoms with E-state index in [1.807, 2.05) is 11.0 Å². The van der Waals surface area contributed by atoms with Crippen LogP contribution < -0.4 is 5.32 Å². The SMILES string of the molecule is COCCCN=C(Nc1cccc(C(=O)O)c1)N1CCN(CC(=O)N2CCOCC2)CC1. The zero-order valence-electron chi connectivity index (χ0n) is 18.7. The highest BCUT2D eigenvalue weighted by molar-refractivity contribution is 5.95. The van der Waals surface area contributed by atoms with Crippen LogP contribution in [0.15, 0.2) is 29.3 Å². The maximum Gasteiger partial charge on any atom is 0.335 e. The third kappa shape index (κ3) is 7.18. The number of aliphatic imine (C=N–C) groups is 1. The summed E-state index contributed by atoms with van der Waals surface area (Å²) in [7, 11) is 1.66. The molecule has 0 aliphatic carbocycles. The van der Waals surface area contributed by atoms with Crippen molar-refractivity contribution < 1.29 is 24.2 Å². The van der Waals surface area contributed by atoms with E-state index in [9.17, 15) is 14.7 Å². The molecule has 1 aromatic rings. The van der Waals surface area contributed by atoms with E-state index in [1.54, 1.807) is 25.3 Å². The molecule has 0 aromatic heterocycles. The zero-order chi connectivity index (χ0) is 22.8. The van der Waals surface area contributed by atoms with Gasteiger partial charge in [-0.25, -0.2) is 4.79 Å². The summed E-state index contributed by atoms with van der Waals surface area (Å²) in [4.78, 5) is 34.7. The molecule has 10 nitrogen and oxygen atoms in total. The van der Waals surface area contributed by atoms with Crippen molar-refractivity contribution in [3.8, 4) is 0 Å². The molecular weight excluding hydrogens is 414 g/mol. The van der Waals surface area contributed by atoms with E-state index in [1.165, 1.54) is 0 Å². The van der Waals surface area contributed by atoms with E-state index in [4.69, 9.17) is 14.5 Å². The maximum absolute atomic E-state index is 12.5. The van der Waals surface area contributed by atoms with Crippen LogP contribution in [0.1, 0.15) is 16.8 Å². The van der Waals surface area contributed by atoms with Gasteiger partial charge in [0.1, 0.15) is 0 Å². The number of carboxylic acids is 1. The van der Waals surface area contributed by atoms with Crippen LogP contribution in [0.25, 0.3) is 0 Å². The minimum atomic E-state index is -0.967. The van der Waals surface area contributed by atoms with Crippen molar-refractivity contribution in [2.75, 3.05) is 84.6 Å². The van der Waals surface area contributed by atoms with E-state index in [0.717, 1.165) is 32.6 Å². The van der Waals surface area contributed by atoms with Crippen molar-refractivity contribution in [1.29, 1.82) is 0 Å². The van der Waals surface area contributed by atoms with Gasteiger partial charge in [0.05, 0.1) is 25.3 Å². The number of nitrogens with one attached hydrogen (secondary N) is 1. The Hall–Kier alpha value is -2.69. The molecule has 3 rings (SSSR count). The van der Waals surface area contributed by atoms with Gasteiger partial charge < -0.3 is 29.7 Å². The molecule has 0 saturated carbocycles. The van der Waals surface area contributed by atoms with Gasteiger partial charge in [0.25, 0.3) is 0 Å². The number of guanidine groups is 1. The van der Waals surface area contributed by atoms with Gasteiger partial charge in [-0.15, -0.1) is 0 Å². The van der Waals surface area contributed by atoms with Crippen molar-refractivity contribution in [2.45, 2.75) is 6.42 Å². The predicted molar refractivity (Wildman–Crippen MR) is 121 cm³/mol. The third-order valence-electron chi connectivity index (χ3n) is 5.53. The molecule has 2 N–H and O–H groups in total. The first-order valence-corrected chi connectivity index (χ1v) is 11.0. The van der Waals surface area contributed by atoms with Crippen molar-refractivity contribution in [3.63, 3.8) is 0 Å². The number of methoxy groups -OCH3 is 1. The highest BCUT2D eigenvalue weighted by atomic mass is 16.5. The van der Waals surface area contributed by atoms with Crippen LogP contribution in [0.2, 0.25) is 0 Å². The average molecular weight is 448 g/mol. The lowest BCUT2D eigenvalue weighted by Gasteiger charge is -2.37. The minimum absolute atomic E-state index is 0.152. The smallest absolute Gasteiger partial charge is 0.335 e. The molecule has 0 bridgehead atoms. The Kier molecular flexibility index (Phi) is 9.27. The predicted octanol–water partition coefficient (Wildman–Crippen LogP) is 0.666. The molecular formula is C22H33N5O5. The monoisotopic (exact) mass is 447 g/mol. The van der Waals surface area contributed by atoms with Gasteiger partial charge in [-0.05, 0) is 24.6 Å². The summed E-state index contributed by atoms with van der Waals surface area (Å²) in [5.74, 6) is -0.104. The van der Waals surface area contributed by atoms with Gasteiger partial charge in [0.2, 0.25) is 5.91 Å². The van der Waals surface area contributed by atoms with Crippen LogP contribution in [-0.4, -0.2) is 117 Å². The van der Waals surface area contributed by atoms with Gasteiger partial charge in [-0.3, -0.25) is 14.7 Å². The van der Waals surface area contributed by atoms with Gasteiger partial charge >= 0.3 is 5.97 Å². The molecule has 1 amide bonds. The number of rotatable bonds is 8. The van der Waals surface area contributed by atoms with Gasteiger partial charge in [-0.1, -0.05) is 6.07 Å². The third-order valence-corrected chi connectivity index (χ3v) is 5.53. The van der Waals surface area contributed by atoms with Crippen LogP contribution in [0.4, 0.5) is 5.69 Å². The van der Waals surface area contributed by atoms with E-state index < -0.39 is 5.97 Å². The number of ether oxygens (including phenoxy) is 2. The fourth-order valence-corrected chi connectivity index (χ4v) is 3.69. The minimum Gasteiger partial charge on any atom is -0.478 e. The number of nitrogens with zero attached hydrogens (tertiary/aromatic N) is 4. The second-order valence-corrected chi connectivity index (χ2v) is 7.82. The number of benzene rings is 1. The summed E-state index contributed by atoms with van der Waals surface area (Å²) in [5, 5.41) is 12.6. The maximum atomic E-state index is 12.5. The van der Waals surface area contributed by atoms with Crippen molar-refractivity contribution in [1.82, 2.24) is 14.7 Å². The largest absolute Gasteiger partial charge is 0.478 e. The van der Waals surface area contributed by atoms with Gasteiger partial charge in [0.15, 0.2) is 5.96 Å². The molecule has 2 aliphatic rings. The Labute approximate surface area is 188 Å². The van der Waals surface area contributed by atoms with Crippen molar-refractivity contribution in [3.05, 3.63) is 29.8 Å². The Morgan fingerprint density at radius 3 is 2.56 bits per heavy atom. The molecule has 2 aliphatic heterocycles. The van der Waals surface area contributed by atoms with Crippen LogP contribution in [0.5, 0.6) is 0 Å². The summed E-state index contributed by atoms with van der Waals surface area (Å²) in [5.41, 5.74) is 0.903. The summed E-state index contributed by atoms with van der Waals surface area (Å²) < 4.78 is 10.4. The molecule has 2 heterocycles. The fourth-order valence-electron chi connectivity index (χ4n) is 3.69. The summed E-state index contributed by atoms with van der Waals surface area (Å²) in [6.45, 7) is 7.15. The fraction of sp³-hybridized carbons (Fsp3) is 0.591. The number of carboxylic acid groups (broad SMARTS) is 1. The number of morpholine rings is 1. The van der Waals surface area contributed by atoms with Gasteiger partial charge in [0, 0.05) is 65.2 Å². The highest BCUT2D eigenvalue weighted by Crippen LogP contribution is 2.13. The van der Waals surface area contributed by atoms with Crippen LogP contribution >= 0.6 is 0 Å². The van der Waals surface area contributed by atoms with Crippen LogP contribution in [0.3, 0.4) is 0 Å². The number of hydrogen-bond acceptors (Lipinski definition) is 6. The van der Waals surface area contributed by atoms with Crippen molar-refractivity contribution >= 4 is 23.5 Å². The lowest BCUT2D eigenvalue weighted by atomic mass is 10.2. The zero-order valence-corrected chi connectivity index (χ0v) is 18.7. The van der Waals surface area contributed by atoms with E-state index >= 15 is 0 Å². The lowest BCUT2D eigenvalue weighted by molar-refractivity contribution is -0.136. The van der Waals surface area contributed by atoms with E-state index in [0.29, 0.717) is 57.6 Å². The first-order valence-electron chi connectivity index (χ1n) is 11.0. The van der Waals surface area contributed by atoms with E-state index in [-0.39, 0.29) is 11.5 Å². The second-order valence-electron chi connectivity index (χ2n) is 7.82. The van der Waals surface area contributed by atoms with Gasteiger partial charge in [-0.2, -0.15) is 0 Å². The highest BCUT2D eigenvalue weighted by Gasteiger charge is 2.24. The Bertz CT molecular complexity index is 789. The summed E-state index contributed by atoms with van der Waals surface area (Å²) in [6.07, 6.45) is 0.796. The molecule has 2 saturated heterocycles. The summed E-state index contributed by atoms with van der Waals surface area (Å²) >= 11 is 0. The second kappa shape index (κ2) is 12.4. The first-order chi connectivity index (χ1) is 15.6. The molecule has 32 heavy (non-hydrogen) atoms. The molecule has 0 atom stereocenters. The summed E-state index contributed by atoms with van der Waals surface area (Å²) in [6, 6.07) is 6.70. The van der Waals surface area contributed by atoms with E-state index in [2.05, 4.69) is 15.1 Å². The van der Waals surface area contributed by atoms with Crippen LogP contribution in [0, 0.1) is 0 Å². The first kappa shape index (κ1) is 24.0. The number of aromatic carboxylic acids is 1. The number of anilines is 1. The van der Waals surface area contributed by atoms with Crippen molar-refractivity contribution in [2.24, 2.45) is 4.99 Å². The normalized spacial score (nSPS) is 18.0. The molecule has 176 valence electrons. The Morgan fingerprint density at radius 1 is 1.12 bits per heavy atom. The number of hydrogen-bond donors (Lipinski definition) is 2. The Morgan fingerprint density at radius 2 is 1.88 bits per heavy atom. The topological polar surface area (TPSA) is 107 Å². The molecule has 0 spiro atoms. The average Bonchev–Trinajstić information content (AvgIpc) is 2.82. The quantitative estimate of drug-likeness (QED) is 0.340. The standard InChI is InChI=1S/C22H33N5O5/c1-31-13-3-6-23-22(24-19-5-2-4-18(16-19)21(29)30)27-9-7-25(8-10-27)17-20(28)26-11-14-32-15-12-26/h2,4-5,16H,3,6-15,17H2,1H3,(H,23,24)(H,29,30). The number of carbonyl (C=O) groups is 2. The molecule has 0 radical (unpaired) electrons. The molecule has 1 aromatic carbocycles. The number of amides is 1. The molecule has 2 fully saturated rings. The molecule has 0 unspecified atom stereocenters. The van der Waals surface area contributed by atoms with Crippen LogP contribution in [-0.2, 0) is 14.3 Å².